The summed E-state index contributed by atoms with van der Waals surface area (Å²) < 4.78 is 0. The molecule has 1 aliphatic rings. The number of carbonyl (C=O) groups is 1. The highest BCUT2D eigenvalue weighted by molar-refractivity contribution is 5.69. The number of isocyanates is 2. The third-order valence-electron chi connectivity index (χ3n) is 4.02. The van der Waals surface area contributed by atoms with Crippen LogP contribution >= 0.6 is 0 Å². The van der Waals surface area contributed by atoms with Crippen molar-refractivity contribution in [2.75, 3.05) is 6.54 Å². The summed E-state index contributed by atoms with van der Waals surface area (Å²) in [6.45, 7) is 8.07. The molecular weight excluding hydrogens is 316 g/mol. The van der Waals surface area contributed by atoms with Crippen LogP contribution in [0.4, 0.5) is 0 Å². The van der Waals surface area contributed by atoms with Crippen LogP contribution in [0.1, 0.15) is 47.0 Å². The van der Waals surface area contributed by atoms with Gasteiger partial charge in [0.15, 0.2) is 6.29 Å². The zero-order valence-corrected chi connectivity index (χ0v) is 14.5. The normalized spacial score (nSPS) is 26.2. The molecule has 3 N–H and O–H groups in total. The molecule has 3 unspecified atom stereocenters. The van der Waals surface area contributed by atoms with Crippen LogP contribution in [-0.4, -0.2) is 52.3 Å². The first-order chi connectivity index (χ1) is 11.0. The number of hydrogen-bond donors (Lipinski definition) is 3. The molecule has 0 aromatic rings. The SMILES string of the molecule is CC(C(=O)O)C(O)O.CC1(C)CC(N=C=O)CC(C)(CN=C=O)C1. The summed E-state index contributed by atoms with van der Waals surface area (Å²) in [7, 11) is 0. The quantitative estimate of drug-likeness (QED) is 0.391. The van der Waals surface area contributed by atoms with E-state index in [2.05, 4.69) is 30.8 Å². The summed E-state index contributed by atoms with van der Waals surface area (Å²) in [5, 5.41) is 24.4. The van der Waals surface area contributed by atoms with E-state index < -0.39 is 18.2 Å². The molecule has 0 aromatic heterocycles. The van der Waals surface area contributed by atoms with Gasteiger partial charge in [-0.05, 0) is 37.0 Å². The van der Waals surface area contributed by atoms with E-state index in [1.807, 2.05) is 0 Å². The fraction of sp³-hybridized carbons (Fsp3) is 0.812. The molecule has 24 heavy (non-hydrogen) atoms. The summed E-state index contributed by atoms with van der Waals surface area (Å²) in [6, 6.07) is 0.00750. The minimum Gasteiger partial charge on any atom is -0.481 e. The molecule has 0 bridgehead atoms. The summed E-state index contributed by atoms with van der Waals surface area (Å²) in [5.74, 6) is -2.31. The Morgan fingerprint density at radius 2 is 1.79 bits per heavy atom. The number of aliphatic hydroxyl groups excluding tert-OH is 1. The van der Waals surface area contributed by atoms with Crippen LogP contribution in [0.15, 0.2) is 9.98 Å². The van der Waals surface area contributed by atoms with Crippen molar-refractivity contribution >= 4 is 18.1 Å². The molecular formula is C16H26N2O6. The summed E-state index contributed by atoms with van der Waals surface area (Å²) in [5.41, 5.74) is 0.0561. The minimum atomic E-state index is -1.76. The highest BCUT2D eigenvalue weighted by atomic mass is 16.5. The smallest absolute Gasteiger partial charge is 0.311 e. The Hall–Kier alpha value is -1.85. The maximum absolute atomic E-state index is 10.3. The number of carbonyl (C=O) groups excluding carboxylic acids is 2. The summed E-state index contributed by atoms with van der Waals surface area (Å²) >= 11 is 0. The van der Waals surface area contributed by atoms with Crippen molar-refractivity contribution in [1.82, 2.24) is 0 Å². The molecule has 0 saturated heterocycles. The average Bonchev–Trinajstić information content (AvgIpc) is 2.43. The van der Waals surface area contributed by atoms with Crippen molar-refractivity contribution in [2.45, 2.75) is 59.3 Å². The van der Waals surface area contributed by atoms with E-state index in [1.165, 1.54) is 6.92 Å². The second kappa shape index (κ2) is 9.45. The number of nitrogens with zero attached hydrogens (tertiary/aromatic N) is 2. The molecule has 0 spiro atoms. The lowest BCUT2D eigenvalue weighted by molar-refractivity contribution is -0.156. The van der Waals surface area contributed by atoms with Gasteiger partial charge in [0, 0.05) is 0 Å². The van der Waals surface area contributed by atoms with Gasteiger partial charge in [0.05, 0.1) is 12.6 Å². The molecule has 1 rings (SSSR count). The van der Waals surface area contributed by atoms with Crippen LogP contribution in [-0.2, 0) is 14.4 Å². The number of carboxylic acids is 1. The van der Waals surface area contributed by atoms with Gasteiger partial charge in [-0.1, -0.05) is 20.8 Å². The fourth-order valence-electron chi connectivity index (χ4n) is 3.22. The average molecular weight is 342 g/mol. The van der Waals surface area contributed by atoms with Gasteiger partial charge < -0.3 is 15.3 Å². The maximum atomic E-state index is 10.3. The number of aliphatic carboxylic acids is 1. The number of aliphatic hydroxyl groups is 2. The standard InChI is InChI=1S/C12H18N2O2.C4H8O4/c1-11(2)4-10(14-9-16)5-12(3,6-11)7-13-8-15;1-2(3(5)6)4(7)8/h10H,4-7H2,1-3H3;2-3,5-6H,1H3,(H,7,8). The largest absolute Gasteiger partial charge is 0.481 e. The molecule has 0 aromatic carbocycles. The van der Waals surface area contributed by atoms with Crippen molar-refractivity contribution in [1.29, 1.82) is 0 Å². The van der Waals surface area contributed by atoms with E-state index >= 15 is 0 Å². The third-order valence-corrected chi connectivity index (χ3v) is 4.02. The Morgan fingerprint density at radius 3 is 2.17 bits per heavy atom. The number of aliphatic imine (C=N–C) groups is 2. The lowest BCUT2D eigenvalue weighted by Crippen LogP contribution is -2.39. The molecule has 136 valence electrons. The summed E-state index contributed by atoms with van der Waals surface area (Å²) in [4.78, 5) is 37.9. The van der Waals surface area contributed by atoms with Gasteiger partial charge in [0.25, 0.3) is 0 Å². The Labute approximate surface area is 141 Å². The highest BCUT2D eigenvalue weighted by Crippen LogP contribution is 2.47. The van der Waals surface area contributed by atoms with Gasteiger partial charge in [0.2, 0.25) is 12.2 Å². The van der Waals surface area contributed by atoms with Crippen molar-refractivity contribution in [3.63, 3.8) is 0 Å². The molecule has 3 atom stereocenters. The molecule has 1 fully saturated rings. The van der Waals surface area contributed by atoms with Crippen LogP contribution < -0.4 is 0 Å². The topological polar surface area (TPSA) is 137 Å². The van der Waals surface area contributed by atoms with E-state index in [-0.39, 0.29) is 16.9 Å². The molecule has 8 nitrogen and oxygen atoms in total. The van der Waals surface area contributed by atoms with Crippen LogP contribution in [0.5, 0.6) is 0 Å². The predicted octanol–water partition coefficient (Wildman–Crippen LogP) is 1.26. The first-order valence-electron chi connectivity index (χ1n) is 7.66. The van der Waals surface area contributed by atoms with Gasteiger partial charge in [-0.15, -0.1) is 0 Å². The third kappa shape index (κ3) is 8.13. The van der Waals surface area contributed by atoms with Crippen molar-refractivity contribution < 1.29 is 29.7 Å². The first-order valence-corrected chi connectivity index (χ1v) is 7.66. The highest BCUT2D eigenvalue weighted by Gasteiger charge is 2.41. The second-order valence-corrected chi connectivity index (χ2v) is 7.38. The molecule has 0 aliphatic heterocycles. The van der Waals surface area contributed by atoms with Crippen LogP contribution in [0.3, 0.4) is 0 Å². The van der Waals surface area contributed by atoms with Crippen molar-refractivity contribution in [2.24, 2.45) is 26.7 Å². The molecule has 0 amide bonds. The minimum absolute atomic E-state index is 0.00750. The van der Waals surface area contributed by atoms with E-state index in [9.17, 15) is 14.4 Å². The van der Waals surface area contributed by atoms with Gasteiger partial charge in [-0.2, -0.15) is 0 Å². The second-order valence-electron chi connectivity index (χ2n) is 7.38. The summed E-state index contributed by atoms with van der Waals surface area (Å²) in [6.07, 6.45) is 4.12. The molecule has 1 saturated carbocycles. The van der Waals surface area contributed by atoms with E-state index in [1.54, 1.807) is 12.2 Å². The molecule has 8 heteroatoms. The van der Waals surface area contributed by atoms with E-state index in [4.69, 9.17) is 15.3 Å². The van der Waals surface area contributed by atoms with E-state index in [0.717, 1.165) is 19.3 Å². The number of rotatable bonds is 5. The predicted molar refractivity (Wildman–Crippen MR) is 85.7 cm³/mol. The Balaban J connectivity index is 0.000000561. The van der Waals surface area contributed by atoms with Gasteiger partial charge in [-0.25, -0.2) is 19.6 Å². The Morgan fingerprint density at radius 1 is 1.21 bits per heavy atom. The number of hydrogen-bond acceptors (Lipinski definition) is 7. The van der Waals surface area contributed by atoms with Crippen molar-refractivity contribution in [3.8, 4) is 0 Å². The lowest BCUT2D eigenvalue weighted by Gasteiger charge is -2.44. The Kier molecular flexibility index (Phi) is 8.72. The lowest BCUT2D eigenvalue weighted by atomic mass is 9.63. The molecule has 0 heterocycles. The zero-order valence-electron chi connectivity index (χ0n) is 14.5. The maximum Gasteiger partial charge on any atom is 0.311 e. The van der Waals surface area contributed by atoms with Crippen LogP contribution in [0, 0.1) is 16.7 Å². The van der Waals surface area contributed by atoms with Gasteiger partial charge >= 0.3 is 5.97 Å². The van der Waals surface area contributed by atoms with Crippen molar-refractivity contribution in [3.05, 3.63) is 0 Å². The van der Waals surface area contributed by atoms with Gasteiger partial charge in [-0.3, -0.25) is 4.79 Å². The van der Waals surface area contributed by atoms with E-state index in [0.29, 0.717) is 6.54 Å². The number of carboxylic acid groups (broad SMARTS) is 1. The zero-order chi connectivity index (χ0) is 19.0. The Bertz CT molecular complexity index is 521. The molecule has 0 radical (unpaired) electrons. The van der Waals surface area contributed by atoms with Crippen LogP contribution in [0.25, 0.3) is 0 Å². The molecule has 1 aliphatic carbocycles. The monoisotopic (exact) mass is 342 g/mol. The first kappa shape index (κ1) is 22.1. The van der Waals surface area contributed by atoms with Gasteiger partial charge in [0.1, 0.15) is 5.92 Å². The fourth-order valence-corrected chi connectivity index (χ4v) is 3.22. The van der Waals surface area contributed by atoms with Crippen LogP contribution in [0.2, 0.25) is 0 Å².